The van der Waals surface area contributed by atoms with Crippen LogP contribution in [0, 0.1) is 5.92 Å². The summed E-state index contributed by atoms with van der Waals surface area (Å²) in [5.41, 5.74) is 1.91. The Morgan fingerprint density at radius 3 is 2.54 bits per heavy atom. The lowest BCUT2D eigenvalue weighted by molar-refractivity contribution is -0.168. The molecule has 0 aromatic rings. The summed E-state index contributed by atoms with van der Waals surface area (Å²) >= 11 is 0. The molecule has 0 atom stereocenters. The van der Waals surface area contributed by atoms with Crippen LogP contribution in [0.1, 0.15) is 13.8 Å². The summed E-state index contributed by atoms with van der Waals surface area (Å²) in [6, 6.07) is 0. The molecule has 0 aromatic heterocycles. The molecule has 6 heteroatoms. The average molecular weight is 197 g/mol. The molecule has 0 unspecified atom stereocenters. The molecule has 0 aliphatic rings. The molecule has 13 heavy (non-hydrogen) atoms. The first-order chi connectivity index (χ1) is 5.86. The summed E-state index contributed by atoms with van der Waals surface area (Å²) in [6.07, 6.45) is 0. The highest BCUT2D eigenvalue weighted by atomic mass is 19.3. The highest BCUT2D eigenvalue weighted by Gasteiger charge is 2.38. The van der Waals surface area contributed by atoms with Crippen molar-refractivity contribution in [1.82, 2.24) is 5.48 Å². The van der Waals surface area contributed by atoms with E-state index in [4.69, 9.17) is 5.11 Å². The second kappa shape index (κ2) is 5.08. The Balaban J connectivity index is 3.58. The Hall–Kier alpha value is -0.750. The Bertz CT molecular complexity index is 173. The van der Waals surface area contributed by atoms with E-state index in [1.54, 1.807) is 0 Å². The van der Waals surface area contributed by atoms with Gasteiger partial charge in [0.15, 0.2) is 0 Å². The molecule has 4 nitrogen and oxygen atoms in total. The minimum Gasteiger partial charge on any atom is -0.477 e. The van der Waals surface area contributed by atoms with Gasteiger partial charge in [0.2, 0.25) is 0 Å². The fourth-order valence-corrected chi connectivity index (χ4v) is 0.443. The van der Waals surface area contributed by atoms with Crippen LogP contribution in [0.4, 0.5) is 8.78 Å². The van der Waals surface area contributed by atoms with Crippen molar-refractivity contribution in [3.8, 4) is 0 Å². The van der Waals surface area contributed by atoms with Crippen molar-refractivity contribution in [2.75, 3.05) is 13.2 Å². The van der Waals surface area contributed by atoms with E-state index >= 15 is 0 Å². The van der Waals surface area contributed by atoms with Gasteiger partial charge in [-0.3, -0.25) is 0 Å². The van der Waals surface area contributed by atoms with Gasteiger partial charge in [-0.25, -0.2) is 4.79 Å². The number of aliphatic carboxylic acids is 1. The number of hydrogen-bond acceptors (Lipinski definition) is 3. The van der Waals surface area contributed by atoms with E-state index in [2.05, 4.69) is 4.84 Å². The van der Waals surface area contributed by atoms with Gasteiger partial charge in [-0.15, -0.1) is 0 Å². The van der Waals surface area contributed by atoms with E-state index in [1.807, 2.05) is 19.3 Å². The van der Waals surface area contributed by atoms with E-state index in [0.29, 0.717) is 0 Å². The van der Waals surface area contributed by atoms with Crippen LogP contribution in [0.2, 0.25) is 0 Å². The third-order valence-electron chi connectivity index (χ3n) is 1.13. The minimum absolute atomic E-state index is 0.200. The zero-order valence-corrected chi connectivity index (χ0v) is 7.51. The van der Waals surface area contributed by atoms with Gasteiger partial charge in [0.25, 0.3) is 0 Å². The fraction of sp³-hybridized carbons (Fsp3) is 0.857. The Kier molecular flexibility index (Phi) is 4.79. The summed E-state index contributed by atoms with van der Waals surface area (Å²) in [5, 5.41) is 8.00. The highest BCUT2D eigenvalue weighted by Crippen LogP contribution is 2.11. The molecule has 0 rings (SSSR count). The molecule has 2 N–H and O–H groups in total. The molecule has 0 fully saturated rings. The first-order valence-corrected chi connectivity index (χ1v) is 3.82. The summed E-state index contributed by atoms with van der Waals surface area (Å²) in [6.45, 7) is 2.93. The normalized spacial score (nSPS) is 12.1. The number of rotatable bonds is 6. The van der Waals surface area contributed by atoms with E-state index in [0.717, 1.165) is 0 Å². The number of carboxylic acids is 1. The largest absolute Gasteiger partial charge is 0.477 e. The summed E-state index contributed by atoms with van der Waals surface area (Å²) in [7, 11) is 0. The molecule has 0 aromatic carbocycles. The van der Waals surface area contributed by atoms with Gasteiger partial charge in [0.1, 0.15) is 0 Å². The number of halogens is 2. The van der Waals surface area contributed by atoms with Crippen molar-refractivity contribution in [2.45, 2.75) is 19.8 Å². The third kappa shape index (κ3) is 5.48. The molecule has 78 valence electrons. The Morgan fingerprint density at radius 1 is 1.62 bits per heavy atom. The zero-order chi connectivity index (χ0) is 10.5. The number of nitrogens with one attached hydrogen (secondary N) is 1. The van der Waals surface area contributed by atoms with Crippen LogP contribution >= 0.6 is 0 Å². The van der Waals surface area contributed by atoms with Crippen LogP contribution in [0.3, 0.4) is 0 Å². The van der Waals surface area contributed by atoms with Crippen molar-refractivity contribution in [3.63, 3.8) is 0 Å². The van der Waals surface area contributed by atoms with Crippen molar-refractivity contribution in [1.29, 1.82) is 0 Å². The predicted molar refractivity (Wildman–Crippen MR) is 41.4 cm³/mol. The summed E-state index contributed by atoms with van der Waals surface area (Å²) in [5.74, 6) is -5.74. The lowest BCUT2D eigenvalue weighted by Crippen LogP contribution is -2.40. The van der Waals surface area contributed by atoms with Gasteiger partial charge in [0.05, 0.1) is 13.2 Å². The van der Waals surface area contributed by atoms with E-state index in [-0.39, 0.29) is 12.5 Å². The molecule has 0 radical (unpaired) electrons. The maximum Gasteiger partial charge on any atom is 0.376 e. The predicted octanol–water partition coefficient (Wildman–Crippen LogP) is 0.883. The van der Waals surface area contributed by atoms with Gasteiger partial charge in [0, 0.05) is 0 Å². The van der Waals surface area contributed by atoms with Gasteiger partial charge in [-0.2, -0.15) is 14.3 Å². The molecule has 0 spiro atoms. The van der Waals surface area contributed by atoms with Crippen LogP contribution in [-0.2, 0) is 9.63 Å². The maximum atomic E-state index is 12.3. The first kappa shape index (κ1) is 12.2. The molecule has 0 aliphatic carbocycles. The zero-order valence-electron chi connectivity index (χ0n) is 7.51. The summed E-state index contributed by atoms with van der Waals surface area (Å²) < 4.78 is 24.7. The molecular formula is C7H13F2NO3. The van der Waals surface area contributed by atoms with Crippen molar-refractivity contribution in [2.24, 2.45) is 5.92 Å². The Morgan fingerprint density at radius 2 is 2.15 bits per heavy atom. The van der Waals surface area contributed by atoms with Gasteiger partial charge >= 0.3 is 11.9 Å². The molecule has 0 aliphatic heterocycles. The molecular weight excluding hydrogens is 184 g/mol. The fourth-order valence-electron chi connectivity index (χ4n) is 0.443. The second-order valence-electron chi connectivity index (χ2n) is 3.04. The van der Waals surface area contributed by atoms with Crippen LogP contribution in [0.5, 0.6) is 0 Å². The number of carbonyl (C=O) groups is 1. The topological polar surface area (TPSA) is 58.6 Å². The number of hydroxylamine groups is 1. The van der Waals surface area contributed by atoms with E-state index in [1.165, 1.54) is 0 Å². The van der Waals surface area contributed by atoms with Crippen molar-refractivity contribution >= 4 is 5.97 Å². The number of alkyl halides is 2. The molecule has 0 heterocycles. The Labute approximate surface area is 74.8 Å². The third-order valence-corrected chi connectivity index (χ3v) is 1.13. The second-order valence-corrected chi connectivity index (χ2v) is 3.04. The number of hydrogen-bond donors (Lipinski definition) is 2. The highest BCUT2D eigenvalue weighted by molar-refractivity contribution is 5.75. The van der Waals surface area contributed by atoms with Gasteiger partial charge < -0.3 is 9.94 Å². The van der Waals surface area contributed by atoms with Crippen LogP contribution in [0.25, 0.3) is 0 Å². The minimum atomic E-state index is -3.78. The van der Waals surface area contributed by atoms with Crippen LogP contribution in [0.15, 0.2) is 0 Å². The maximum absolute atomic E-state index is 12.3. The van der Waals surface area contributed by atoms with E-state index < -0.39 is 18.4 Å². The van der Waals surface area contributed by atoms with Crippen molar-refractivity contribution < 1.29 is 23.5 Å². The molecule has 0 saturated carbocycles. The quantitative estimate of drug-likeness (QED) is 0.490. The van der Waals surface area contributed by atoms with Gasteiger partial charge in [-0.05, 0) is 5.92 Å². The van der Waals surface area contributed by atoms with Crippen LogP contribution in [-0.4, -0.2) is 30.2 Å². The summed E-state index contributed by atoms with van der Waals surface area (Å²) in [4.78, 5) is 14.5. The SMILES string of the molecule is CC(C)CONCC(F)(F)C(=O)O. The molecule has 0 amide bonds. The van der Waals surface area contributed by atoms with Crippen molar-refractivity contribution in [3.05, 3.63) is 0 Å². The standard InChI is InChI=1S/C7H13F2NO3/c1-5(2)3-13-10-4-7(8,9)6(11)12/h5,10H,3-4H2,1-2H3,(H,11,12). The number of carboxylic acid groups (broad SMARTS) is 1. The van der Waals surface area contributed by atoms with E-state index in [9.17, 15) is 13.6 Å². The average Bonchev–Trinajstić information content (AvgIpc) is 1.97. The monoisotopic (exact) mass is 197 g/mol. The smallest absolute Gasteiger partial charge is 0.376 e. The molecule has 0 bridgehead atoms. The molecule has 0 saturated heterocycles. The van der Waals surface area contributed by atoms with Crippen LogP contribution < -0.4 is 5.48 Å². The lowest BCUT2D eigenvalue weighted by Gasteiger charge is -2.12. The lowest BCUT2D eigenvalue weighted by atomic mass is 10.2. The van der Waals surface area contributed by atoms with Gasteiger partial charge in [-0.1, -0.05) is 13.8 Å². The first-order valence-electron chi connectivity index (χ1n) is 3.82.